The van der Waals surface area contributed by atoms with Crippen LogP contribution in [0.2, 0.25) is 0 Å². The Hall–Kier alpha value is -1.34. The molecular weight excluding hydrogens is 300 g/mol. The summed E-state index contributed by atoms with van der Waals surface area (Å²) < 4.78 is 16.4. The highest BCUT2D eigenvalue weighted by Gasteiger charge is 2.43. The van der Waals surface area contributed by atoms with E-state index < -0.39 is 29.3 Å². The van der Waals surface area contributed by atoms with Crippen molar-refractivity contribution in [2.75, 3.05) is 19.7 Å². The van der Waals surface area contributed by atoms with Crippen molar-refractivity contribution in [3.8, 4) is 0 Å². The Kier molecular flexibility index (Phi) is 6.41. The molecule has 1 heterocycles. The Morgan fingerprint density at radius 1 is 1.09 bits per heavy atom. The zero-order valence-corrected chi connectivity index (χ0v) is 15.0. The molecule has 2 N–H and O–H groups in total. The predicted octanol–water partition coefficient (Wildman–Crippen LogP) is 1.68. The summed E-state index contributed by atoms with van der Waals surface area (Å²) in [6, 6.07) is -0.702. The second-order valence-corrected chi connectivity index (χ2v) is 7.70. The van der Waals surface area contributed by atoms with Crippen LogP contribution in [0.4, 0.5) is 4.79 Å². The third kappa shape index (κ3) is 6.74. The van der Waals surface area contributed by atoms with E-state index >= 15 is 0 Å². The smallest absolute Gasteiger partial charge is 0.411 e. The van der Waals surface area contributed by atoms with Crippen molar-refractivity contribution in [3.05, 3.63) is 0 Å². The fourth-order valence-electron chi connectivity index (χ4n) is 2.27. The number of hydrogen-bond acceptors (Lipinski definition) is 6. The lowest BCUT2D eigenvalue weighted by molar-refractivity contribution is -0.160. The van der Waals surface area contributed by atoms with Crippen LogP contribution >= 0.6 is 0 Å². The molecule has 0 aromatic heterocycles. The molecular formula is C16H30N2O5. The first-order chi connectivity index (χ1) is 10.4. The number of nitrogens with zero attached hydrogens (tertiary/aromatic N) is 1. The third-order valence-electron chi connectivity index (χ3n) is 3.04. The van der Waals surface area contributed by atoms with Gasteiger partial charge in [0.05, 0.1) is 19.3 Å². The second kappa shape index (κ2) is 7.49. The van der Waals surface area contributed by atoms with Gasteiger partial charge in [0.2, 0.25) is 0 Å². The normalized spacial score (nSPS) is 22.1. The van der Waals surface area contributed by atoms with Crippen LogP contribution in [-0.2, 0) is 19.0 Å². The number of hydrogen-bond donors (Lipinski definition) is 1. The van der Waals surface area contributed by atoms with Crippen molar-refractivity contribution >= 4 is 12.1 Å². The molecule has 0 saturated carbocycles. The van der Waals surface area contributed by atoms with E-state index in [0.29, 0.717) is 26.1 Å². The maximum atomic E-state index is 12.4. The van der Waals surface area contributed by atoms with Gasteiger partial charge in [-0.2, -0.15) is 0 Å². The van der Waals surface area contributed by atoms with Crippen LogP contribution in [0.1, 0.15) is 48.0 Å². The molecule has 0 unspecified atom stereocenters. The summed E-state index contributed by atoms with van der Waals surface area (Å²) in [7, 11) is 0. The standard InChI is InChI=1S/C16H30N2O5/c1-15(2,3)22-13(19)12-9-11(21-8-7-17)10-18(12)14(20)23-16(4,5)6/h11-12H,7-10,17H2,1-6H3/t11-,12+/m0/s1. The molecule has 0 spiro atoms. The molecule has 1 rings (SSSR count). The van der Waals surface area contributed by atoms with Gasteiger partial charge in [0, 0.05) is 13.0 Å². The molecule has 1 amide bonds. The van der Waals surface area contributed by atoms with Crippen molar-refractivity contribution in [3.63, 3.8) is 0 Å². The lowest BCUT2D eigenvalue weighted by Crippen LogP contribution is -2.45. The van der Waals surface area contributed by atoms with Crippen molar-refractivity contribution in [1.29, 1.82) is 0 Å². The number of amides is 1. The van der Waals surface area contributed by atoms with Crippen LogP contribution in [0.15, 0.2) is 0 Å². The molecule has 1 aliphatic rings. The molecule has 1 aliphatic heterocycles. The van der Waals surface area contributed by atoms with Crippen molar-refractivity contribution in [2.45, 2.75) is 71.3 Å². The van der Waals surface area contributed by atoms with Crippen LogP contribution in [-0.4, -0.2) is 60.0 Å². The molecule has 7 nitrogen and oxygen atoms in total. The van der Waals surface area contributed by atoms with Crippen LogP contribution in [0.3, 0.4) is 0 Å². The number of nitrogens with two attached hydrogens (primary N) is 1. The van der Waals surface area contributed by atoms with Crippen LogP contribution in [0.5, 0.6) is 0 Å². The zero-order chi connectivity index (χ0) is 17.8. The molecule has 1 fully saturated rings. The largest absolute Gasteiger partial charge is 0.458 e. The number of carbonyl (C=O) groups excluding carboxylic acids is 2. The summed E-state index contributed by atoms with van der Waals surface area (Å²) in [5.74, 6) is -0.442. The van der Waals surface area contributed by atoms with Gasteiger partial charge in [-0.3, -0.25) is 4.90 Å². The van der Waals surface area contributed by atoms with Crippen LogP contribution < -0.4 is 5.73 Å². The highest BCUT2D eigenvalue weighted by molar-refractivity contribution is 5.82. The van der Waals surface area contributed by atoms with Gasteiger partial charge in [0.1, 0.15) is 17.2 Å². The Morgan fingerprint density at radius 2 is 1.65 bits per heavy atom. The fourth-order valence-corrected chi connectivity index (χ4v) is 2.27. The fraction of sp³-hybridized carbons (Fsp3) is 0.875. The summed E-state index contributed by atoms with van der Waals surface area (Å²) in [4.78, 5) is 26.2. The van der Waals surface area contributed by atoms with E-state index in [1.165, 1.54) is 4.90 Å². The molecule has 2 atom stereocenters. The van der Waals surface area contributed by atoms with Gasteiger partial charge in [-0.1, -0.05) is 0 Å². The van der Waals surface area contributed by atoms with E-state index in [1.54, 1.807) is 41.5 Å². The molecule has 134 valence electrons. The van der Waals surface area contributed by atoms with Gasteiger partial charge >= 0.3 is 12.1 Å². The van der Waals surface area contributed by atoms with E-state index in [4.69, 9.17) is 19.9 Å². The lowest BCUT2D eigenvalue weighted by Gasteiger charge is -2.29. The lowest BCUT2D eigenvalue weighted by atomic mass is 10.1. The molecule has 0 aromatic carbocycles. The third-order valence-corrected chi connectivity index (χ3v) is 3.04. The molecule has 0 radical (unpaired) electrons. The summed E-state index contributed by atoms with van der Waals surface area (Å²) in [6.07, 6.45) is -0.399. The van der Waals surface area contributed by atoms with E-state index in [1.807, 2.05) is 0 Å². The Labute approximate surface area is 138 Å². The number of rotatable bonds is 4. The number of likely N-dealkylation sites (tertiary alicyclic amines) is 1. The van der Waals surface area contributed by atoms with Gasteiger partial charge in [-0.05, 0) is 41.5 Å². The van der Waals surface area contributed by atoms with E-state index in [-0.39, 0.29) is 6.10 Å². The Balaban J connectivity index is 2.84. The first-order valence-corrected chi connectivity index (χ1v) is 7.97. The maximum absolute atomic E-state index is 12.4. The first-order valence-electron chi connectivity index (χ1n) is 7.97. The van der Waals surface area contributed by atoms with Gasteiger partial charge in [0.15, 0.2) is 0 Å². The molecule has 7 heteroatoms. The average molecular weight is 330 g/mol. The van der Waals surface area contributed by atoms with E-state index in [2.05, 4.69) is 0 Å². The minimum Gasteiger partial charge on any atom is -0.458 e. The second-order valence-electron chi connectivity index (χ2n) is 7.70. The van der Waals surface area contributed by atoms with E-state index in [9.17, 15) is 9.59 Å². The van der Waals surface area contributed by atoms with Crippen molar-refractivity contribution < 1.29 is 23.8 Å². The molecule has 23 heavy (non-hydrogen) atoms. The number of ether oxygens (including phenoxy) is 3. The van der Waals surface area contributed by atoms with Crippen LogP contribution in [0.25, 0.3) is 0 Å². The Morgan fingerprint density at radius 3 is 2.13 bits per heavy atom. The van der Waals surface area contributed by atoms with Gasteiger partial charge in [-0.15, -0.1) is 0 Å². The summed E-state index contributed by atoms with van der Waals surface area (Å²) in [5.41, 5.74) is 4.19. The highest BCUT2D eigenvalue weighted by Crippen LogP contribution is 2.25. The summed E-state index contributed by atoms with van der Waals surface area (Å²) in [6.45, 7) is 11.8. The molecule has 0 aliphatic carbocycles. The summed E-state index contributed by atoms with van der Waals surface area (Å²) >= 11 is 0. The van der Waals surface area contributed by atoms with Gasteiger partial charge < -0.3 is 19.9 Å². The zero-order valence-electron chi connectivity index (χ0n) is 15.0. The average Bonchev–Trinajstić information content (AvgIpc) is 2.76. The maximum Gasteiger partial charge on any atom is 0.411 e. The first kappa shape index (κ1) is 19.7. The topological polar surface area (TPSA) is 91.1 Å². The molecule has 0 bridgehead atoms. The minimum absolute atomic E-state index is 0.247. The predicted molar refractivity (Wildman–Crippen MR) is 86.0 cm³/mol. The van der Waals surface area contributed by atoms with Crippen molar-refractivity contribution in [1.82, 2.24) is 4.90 Å². The number of esters is 1. The molecule has 0 aromatic rings. The van der Waals surface area contributed by atoms with Crippen LogP contribution in [0, 0.1) is 0 Å². The van der Waals surface area contributed by atoms with E-state index in [0.717, 1.165) is 0 Å². The monoisotopic (exact) mass is 330 g/mol. The van der Waals surface area contributed by atoms with Gasteiger partial charge in [0.25, 0.3) is 0 Å². The SMILES string of the molecule is CC(C)(C)OC(=O)[C@H]1C[C@H](OCCN)CN1C(=O)OC(C)(C)C. The quantitative estimate of drug-likeness (QED) is 0.789. The Bertz CT molecular complexity index is 389. The minimum atomic E-state index is -0.702. The molecule has 1 saturated heterocycles. The highest BCUT2D eigenvalue weighted by atomic mass is 16.6. The number of carbonyl (C=O) groups is 2. The van der Waals surface area contributed by atoms with Gasteiger partial charge in [-0.25, -0.2) is 9.59 Å². The van der Waals surface area contributed by atoms with Crippen molar-refractivity contribution in [2.24, 2.45) is 5.73 Å². The summed E-state index contributed by atoms with van der Waals surface area (Å²) in [5, 5.41) is 0.